The standard InChI is InChI=1S/C19H25N3O4S2/c1-13-18(14(2)26-20-13)28(24,25)22-10-8-21(9-11-22)19(23)17-12-15-6-4-3-5-7-16(15)27-17/h12H,3-11H2,1-2H3. The number of rotatable bonds is 3. The zero-order chi connectivity index (χ0) is 19.9. The second-order valence-corrected chi connectivity index (χ2v) is 10.5. The summed E-state index contributed by atoms with van der Waals surface area (Å²) in [5.41, 5.74) is 1.70. The maximum Gasteiger partial charge on any atom is 0.264 e. The molecule has 9 heteroatoms. The number of hydrogen-bond donors (Lipinski definition) is 0. The lowest BCUT2D eigenvalue weighted by Gasteiger charge is -2.33. The molecular formula is C19H25N3O4S2. The first-order valence-corrected chi connectivity index (χ1v) is 12.0. The number of amides is 1. The molecule has 0 unspecified atom stereocenters. The molecule has 0 spiro atoms. The minimum atomic E-state index is -3.66. The number of fused-ring (bicyclic) bond motifs is 1. The predicted molar refractivity (Wildman–Crippen MR) is 106 cm³/mol. The smallest absolute Gasteiger partial charge is 0.264 e. The second kappa shape index (κ2) is 7.61. The summed E-state index contributed by atoms with van der Waals surface area (Å²) in [4.78, 5) is 17.0. The van der Waals surface area contributed by atoms with Gasteiger partial charge in [-0.1, -0.05) is 11.6 Å². The molecule has 0 radical (unpaired) electrons. The van der Waals surface area contributed by atoms with Crippen molar-refractivity contribution in [3.8, 4) is 0 Å². The molecule has 152 valence electrons. The molecule has 1 amide bonds. The predicted octanol–water partition coefficient (Wildman–Crippen LogP) is 2.77. The van der Waals surface area contributed by atoms with E-state index in [9.17, 15) is 13.2 Å². The summed E-state index contributed by atoms with van der Waals surface area (Å²) < 4.78 is 32.3. The Bertz CT molecular complexity index is 942. The number of aromatic nitrogens is 1. The first kappa shape index (κ1) is 19.6. The van der Waals surface area contributed by atoms with E-state index >= 15 is 0 Å². The van der Waals surface area contributed by atoms with Gasteiger partial charge < -0.3 is 9.42 Å². The highest BCUT2D eigenvalue weighted by molar-refractivity contribution is 7.89. The number of hydrogen-bond acceptors (Lipinski definition) is 6. The van der Waals surface area contributed by atoms with Crippen LogP contribution in [0.3, 0.4) is 0 Å². The van der Waals surface area contributed by atoms with Crippen molar-refractivity contribution in [2.75, 3.05) is 26.2 Å². The number of carbonyl (C=O) groups is 1. The van der Waals surface area contributed by atoms with Crippen LogP contribution in [0.15, 0.2) is 15.5 Å². The average molecular weight is 424 g/mol. The first-order chi connectivity index (χ1) is 13.4. The lowest BCUT2D eigenvalue weighted by atomic mass is 10.1. The van der Waals surface area contributed by atoms with Crippen molar-refractivity contribution < 1.29 is 17.7 Å². The van der Waals surface area contributed by atoms with Crippen LogP contribution in [0.25, 0.3) is 0 Å². The Morgan fingerprint density at radius 3 is 2.50 bits per heavy atom. The fourth-order valence-corrected chi connectivity index (χ4v) is 6.97. The Morgan fingerprint density at radius 1 is 1.11 bits per heavy atom. The summed E-state index contributed by atoms with van der Waals surface area (Å²) >= 11 is 1.61. The van der Waals surface area contributed by atoms with Gasteiger partial charge in [0, 0.05) is 31.1 Å². The number of piperazine rings is 1. The van der Waals surface area contributed by atoms with Crippen LogP contribution in [0.4, 0.5) is 0 Å². The molecule has 7 nitrogen and oxygen atoms in total. The molecule has 3 heterocycles. The summed E-state index contributed by atoms with van der Waals surface area (Å²) in [6, 6.07) is 2.06. The van der Waals surface area contributed by atoms with Gasteiger partial charge in [0.1, 0.15) is 10.6 Å². The third-order valence-electron chi connectivity index (χ3n) is 5.55. The Kier molecular flexibility index (Phi) is 5.32. The molecule has 1 fully saturated rings. The van der Waals surface area contributed by atoms with E-state index in [-0.39, 0.29) is 23.9 Å². The monoisotopic (exact) mass is 423 g/mol. The highest BCUT2D eigenvalue weighted by Gasteiger charge is 2.34. The molecular weight excluding hydrogens is 398 g/mol. The zero-order valence-corrected chi connectivity index (χ0v) is 17.9. The molecule has 1 aliphatic carbocycles. The van der Waals surface area contributed by atoms with Crippen LogP contribution < -0.4 is 0 Å². The normalized spacial score (nSPS) is 18.7. The van der Waals surface area contributed by atoms with Gasteiger partial charge in [-0.25, -0.2) is 8.42 Å². The Labute approximate surface area is 169 Å². The molecule has 2 aromatic rings. The quantitative estimate of drug-likeness (QED) is 0.709. The molecule has 2 aliphatic rings. The third-order valence-corrected chi connectivity index (χ3v) is 8.92. The maximum atomic E-state index is 12.9. The molecule has 0 N–H and O–H groups in total. The van der Waals surface area contributed by atoms with Crippen LogP contribution in [0.1, 0.15) is 50.8 Å². The van der Waals surface area contributed by atoms with Crippen molar-refractivity contribution >= 4 is 27.3 Å². The molecule has 28 heavy (non-hydrogen) atoms. The van der Waals surface area contributed by atoms with Crippen molar-refractivity contribution in [2.24, 2.45) is 0 Å². The molecule has 0 atom stereocenters. The average Bonchev–Trinajstić information content (AvgIpc) is 3.17. The minimum absolute atomic E-state index is 0.0208. The maximum absolute atomic E-state index is 12.9. The molecule has 4 rings (SSSR count). The molecule has 2 aromatic heterocycles. The first-order valence-electron chi connectivity index (χ1n) is 9.72. The van der Waals surface area contributed by atoms with Crippen molar-refractivity contribution in [1.29, 1.82) is 0 Å². The summed E-state index contributed by atoms with van der Waals surface area (Å²) in [6.45, 7) is 4.58. The summed E-state index contributed by atoms with van der Waals surface area (Å²) in [5.74, 6) is 0.323. The summed E-state index contributed by atoms with van der Waals surface area (Å²) in [6.07, 6.45) is 5.76. The van der Waals surface area contributed by atoms with E-state index in [4.69, 9.17) is 4.52 Å². The van der Waals surface area contributed by atoms with Gasteiger partial charge in [-0.15, -0.1) is 11.3 Å². The van der Waals surface area contributed by atoms with Gasteiger partial charge in [0.15, 0.2) is 5.76 Å². The van der Waals surface area contributed by atoms with Crippen LogP contribution in [0.5, 0.6) is 0 Å². The van der Waals surface area contributed by atoms with Crippen molar-refractivity contribution in [3.05, 3.63) is 32.8 Å². The van der Waals surface area contributed by atoms with E-state index in [1.54, 1.807) is 30.1 Å². The van der Waals surface area contributed by atoms with Crippen LogP contribution >= 0.6 is 11.3 Å². The largest absolute Gasteiger partial charge is 0.360 e. The van der Waals surface area contributed by atoms with E-state index in [1.807, 2.05) is 0 Å². The van der Waals surface area contributed by atoms with E-state index in [1.165, 1.54) is 34.0 Å². The van der Waals surface area contributed by atoms with Gasteiger partial charge >= 0.3 is 0 Å². The SMILES string of the molecule is Cc1noc(C)c1S(=O)(=O)N1CCN(C(=O)c2cc3c(s2)CCCCC3)CC1. The highest BCUT2D eigenvalue weighted by Crippen LogP contribution is 2.30. The second-order valence-electron chi connectivity index (χ2n) is 7.47. The Morgan fingerprint density at radius 2 is 1.82 bits per heavy atom. The number of carbonyl (C=O) groups excluding carboxylic acids is 1. The molecule has 0 bridgehead atoms. The molecule has 0 saturated carbocycles. The number of thiophene rings is 1. The highest BCUT2D eigenvalue weighted by atomic mass is 32.2. The molecule has 1 saturated heterocycles. The van der Waals surface area contributed by atoms with Gasteiger partial charge in [-0.3, -0.25) is 4.79 Å². The lowest BCUT2D eigenvalue weighted by Crippen LogP contribution is -2.50. The molecule has 1 aliphatic heterocycles. The van der Waals surface area contributed by atoms with Gasteiger partial charge in [0.2, 0.25) is 10.0 Å². The van der Waals surface area contributed by atoms with Gasteiger partial charge in [0.05, 0.1) is 4.88 Å². The van der Waals surface area contributed by atoms with Crippen LogP contribution in [0.2, 0.25) is 0 Å². The van der Waals surface area contributed by atoms with Gasteiger partial charge in [-0.05, 0) is 51.2 Å². The van der Waals surface area contributed by atoms with E-state index in [2.05, 4.69) is 11.2 Å². The van der Waals surface area contributed by atoms with Crippen molar-refractivity contribution in [2.45, 2.75) is 50.8 Å². The Hall–Kier alpha value is -1.71. The summed E-state index contributed by atoms with van der Waals surface area (Å²) in [7, 11) is -3.66. The number of nitrogens with zero attached hydrogens (tertiary/aromatic N) is 3. The lowest BCUT2D eigenvalue weighted by molar-refractivity contribution is 0.0702. The number of sulfonamides is 1. The van der Waals surface area contributed by atoms with Crippen molar-refractivity contribution in [1.82, 2.24) is 14.4 Å². The zero-order valence-electron chi connectivity index (χ0n) is 16.2. The fraction of sp³-hybridized carbons (Fsp3) is 0.579. The van der Waals surface area contributed by atoms with E-state index in [0.29, 0.717) is 24.5 Å². The Balaban J connectivity index is 1.45. The summed E-state index contributed by atoms with van der Waals surface area (Å²) in [5, 5.41) is 3.75. The van der Waals surface area contributed by atoms with Crippen LogP contribution in [-0.4, -0.2) is 54.9 Å². The van der Waals surface area contributed by atoms with Crippen molar-refractivity contribution in [3.63, 3.8) is 0 Å². The van der Waals surface area contributed by atoms with Gasteiger partial charge in [-0.2, -0.15) is 4.31 Å². The fourth-order valence-electron chi connectivity index (χ4n) is 4.03. The van der Waals surface area contributed by atoms with Crippen LogP contribution in [0, 0.1) is 13.8 Å². The minimum Gasteiger partial charge on any atom is -0.360 e. The van der Waals surface area contributed by atoms with E-state index in [0.717, 1.165) is 17.7 Å². The molecule has 0 aromatic carbocycles. The number of aryl methyl sites for hydroxylation is 4. The third kappa shape index (κ3) is 3.51. The topological polar surface area (TPSA) is 83.7 Å². The van der Waals surface area contributed by atoms with E-state index < -0.39 is 10.0 Å². The van der Waals surface area contributed by atoms with Crippen LogP contribution in [-0.2, 0) is 22.9 Å². The van der Waals surface area contributed by atoms with Gasteiger partial charge in [0.25, 0.3) is 5.91 Å².